The molecule has 128 valence electrons. The summed E-state index contributed by atoms with van der Waals surface area (Å²) in [7, 11) is 1.57. The first-order valence-electron chi connectivity index (χ1n) is 7.40. The fourth-order valence-electron chi connectivity index (χ4n) is 2.16. The maximum absolute atomic E-state index is 12.3. The number of thioether (sulfide) groups is 1. The summed E-state index contributed by atoms with van der Waals surface area (Å²) >= 11 is 1.61. The molecule has 1 amide bonds. The van der Waals surface area contributed by atoms with Crippen molar-refractivity contribution in [1.29, 1.82) is 0 Å². The average Bonchev–Trinajstić information content (AvgIpc) is 2.58. The number of benzene rings is 1. The number of ether oxygens (including phenoxy) is 2. The van der Waals surface area contributed by atoms with Gasteiger partial charge in [-0.1, -0.05) is 0 Å². The van der Waals surface area contributed by atoms with E-state index in [1.807, 2.05) is 6.26 Å². The second kappa shape index (κ2) is 10.1. The highest BCUT2D eigenvalue weighted by Crippen LogP contribution is 2.24. The van der Waals surface area contributed by atoms with Crippen LogP contribution in [0.3, 0.4) is 0 Å². The molecule has 0 spiro atoms. The molecule has 0 aliphatic rings. The Kier molecular flexibility index (Phi) is 8.50. The van der Waals surface area contributed by atoms with Crippen molar-refractivity contribution in [2.24, 2.45) is 5.73 Å². The summed E-state index contributed by atoms with van der Waals surface area (Å²) in [5.41, 5.74) is 6.13. The Hall–Kier alpha value is -1.73. The molecule has 0 bridgehead atoms. The predicted molar refractivity (Wildman–Crippen MR) is 93.0 cm³/mol. The standard InChI is InChI=1S/C16H24N2O4S/c1-4-22-16(20)14(9-10-23-3)18(15(19)11-17)12-5-7-13(21-2)8-6-12/h5-8,14H,4,9-11,17H2,1-3H3/t14-/m0/s1. The van der Waals surface area contributed by atoms with Crippen molar-refractivity contribution < 1.29 is 19.1 Å². The number of anilines is 1. The van der Waals surface area contributed by atoms with E-state index in [0.717, 1.165) is 5.75 Å². The molecular weight excluding hydrogens is 316 g/mol. The van der Waals surface area contributed by atoms with Crippen molar-refractivity contribution in [3.8, 4) is 5.75 Å². The molecule has 1 aromatic rings. The molecule has 0 unspecified atom stereocenters. The number of rotatable bonds is 9. The highest BCUT2D eigenvalue weighted by molar-refractivity contribution is 7.98. The van der Waals surface area contributed by atoms with Gasteiger partial charge in [-0.15, -0.1) is 0 Å². The molecule has 0 saturated heterocycles. The van der Waals surface area contributed by atoms with Crippen LogP contribution in [0, 0.1) is 0 Å². The summed E-state index contributed by atoms with van der Waals surface area (Å²) in [4.78, 5) is 26.1. The molecule has 2 N–H and O–H groups in total. The van der Waals surface area contributed by atoms with Gasteiger partial charge in [0.05, 0.1) is 20.3 Å². The third kappa shape index (κ3) is 5.44. The molecule has 23 heavy (non-hydrogen) atoms. The molecule has 6 nitrogen and oxygen atoms in total. The van der Waals surface area contributed by atoms with Crippen LogP contribution in [0.25, 0.3) is 0 Å². The van der Waals surface area contributed by atoms with Crippen LogP contribution in [0.4, 0.5) is 5.69 Å². The van der Waals surface area contributed by atoms with Crippen LogP contribution in [0.15, 0.2) is 24.3 Å². The molecule has 7 heteroatoms. The van der Waals surface area contributed by atoms with E-state index in [0.29, 0.717) is 17.9 Å². The van der Waals surface area contributed by atoms with Crippen molar-refractivity contribution >= 4 is 29.3 Å². The van der Waals surface area contributed by atoms with E-state index in [2.05, 4.69) is 0 Å². The Bertz CT molecular complexity index is 507. The third-order valence-electron chi connectivity index (χ3n) is 3.26. The minimum absolute atomic E-state index is 0.179. The number of hydrogen-bond donors (Lipinski definition) is 1. The topological polar surface area (TPSA) is 81.9 Å². The number of nitrogens with zero attached hydrogens (tertiary/aromatic N) is 1. The normalized spacial score (nSPS) is 11.7. The zero-order valence-electron chi connectivity index (χ0n) is 13.8. The zero-order valence-corrected chi connectivity index (χ0v) is 14.6. The Morgan fingerprint density at radius 1 is 1.30 bits per heavy atom. The molecule has 1 atom stereocenters. The molecule has 0 saturated carbocycles. The van der Waals surface area contributed by atoms with Crippen molar-refractivity contribution in [1.82, 2.24) is 0 Å². The lowest BCUT2D eigenvalue weighted by Gasteiger charge is -2.30. The maximum atomic E-state index is 12.3. The number of carbonyl (C=O) groups is 2. The highest BCUT2D eigenvalue weighted by Gasteiger charge is 2.31. The van der Waals surface area contributed by atoms with Gasteiger partial charge in [-0.25, -0.2) is 4.79 Å². The van der Waals surface area contributed by atoms with Gasteiger partial charge in [0.25, 0.3) is 0 Å². The average molecular weight is 340 g/mol. The third-order valence-corrected chi connectivity index (χ3v) is 3.90. The Morgan fingerprint density at radius 2 is 1.96 bits per heavy atom. The second-order valence-electron chi connectivity index (χ2n) is 4.72. The largest absolute Gasteiger partial charge is 0.497 e. The van der Waals surface area contributed by atoms with Gasteiger partial charge in [-0.3, -0.25) is 9.69 Å². The summed E-state index contributed by atoms with van der Waals surface area (Å²) in [5, 5.41) is 0. The zero-order chi connectivity index (χ0) is 17.2. The van der Waals surface area contributed by atoms with Gasteiger partial charge >= 0.3 is 5.97 Å². The van der Waals surface area contributed by atoms with Crippen LogP contribution in [0.2, 0.25) is 0 Å². The number of esters is 1. The van der Waals surface area contributed by atoms with Crippen LogP contribution in [0.1, 0.15) is 13.3 Å². The first-order valence-corrected chi connectivity index (χ1v) is 8.80. The maximum Gasteiger partial charge on any atom is 0.329 e. The van der Waals surface area contributed by atoms with Gasteiger partial charge in [0, 0.05) is 5.69 Å². The minimum Gasteiger partial charge on any atom is -0.497 e. The van der Waals surface area contributed by atoms with E-state index in [1.54, 1.807) is 50.1 Å². The molecule has 1 rings (SSSR count). The molecule has 0 heterocycles. The Labute approximate surface area is 141 Å². The van der Waals surface area contributed by atoms with E-state index in [4.69, 9.17) is 15.2 Å². The number of amides is 1. The van der Waals surface area contributed by atoms with Gasteiger partial charge in [0.1, 0.15) is 11.8 Å². The van der Waals surface area contributed by atoms with Crippen LogP contribution in [-0.2, 0) is 14.3 Å². The van der Waals surface area contributed by atoms with E-state index in [9.17, 15) is 9.59 Å². The fraction of sp³-hybridized carbons (Fsp3) is 0.500. The summed E-state index contributed by atoms with van der Waals surface area (Å²) in [6, 6.07) is 6.26. The molecule has 0 aliphatic heterocycles. The van der Waals surface area contributed by atoms with Crippen molar-refractivity contribution in [2.75, 3.05) is 37.2 Å². The summed E-state index contributed by atoms with van der Waals surface area (Å²) in [6.07, 6.45) is 2.45. The number of hydrogen-bond acceptors (Lipinski definition) is 6. The molecular formula is C16H24N2O4S. The van der Waals surface area contributed by atoms with E-state index < -0.39 is 12.0 Å². The number of nitrogens with two attached hydrogens (primary N) is 1. The van der Waals surface area contributed by atoms with Crippen molar-refractivity contribution in [3.05, 3.63) is 24.3 Å². The van der Waals surface area contributed by atoms with Crippen molar-refractivity contribution in [3.63, 3.8) is 0 Å². The van der Waals surface area contributed by atoms with Gasteiger partial charge in [0.2, 0.25) is 5.91 Å². The summed E-state index contributed by atoms with van der Waals surface area (Å²) < 4.78 is 10.3. The molecule has 0 aromatic heterocycles. The lowest BCUT2D eigenvalue weighted by molar-refractivity contribution is -0.145. The fourth-order valence-corrected chi connectivity index (χ4v) is 2.62. The van der Waals surface area contributed by atoms with Gasteiger partial charge < -0.3 is 15.2 Å². The lowest BCUT2D eigenvalue weighted by atomic mass is 10.1. The second-order valence-corrected chi connectivity index (χ2v) is 5.70. The molecule has 1 aromatic carbocycles. The first-order chi connectivity index (χ1) is 11.1. The van der Waals surface area contributed by atoms with Crippen molar-refractivity contribution in [2.45, 2.75) is 19.4 Å². The quantitative estimate of drug-likeness (QED) is 0.689. The highest BCUT2D eigenvalue weighted by atomic mass is 32.2. The van der Waals surface area contributed by atoms with Gasteiger partial charge in [0.15, 0.2) is 0 Å². The first kappa shape index (κ1) is 19.3. The van der Waals surface area contributed by atoms with E-state index in [-0.39, 0.29) is 19.1 Å². The molecule has 0 fully saturated rings. The van der Waals surface area contributed by atoms with Crippen LogP contribution < -0.4 is 15.4 Å². The summed E-state index contributed by atoms with van der Waals surface area (Å²) in [5.74, 6) is 0.660. The van der Waals surface area contributed by atoms with Crippen LogP contribution >= 0.6 is 11.8 Å². The SMILES string of the molecule is CCOC(=O)[C@H](CCSC)N(C(=O)CN)c1ccc(OC)cc1. The molecule has 0 aliphatic carbocycles. The number of carbonyl (C=O) groups excluding carboxylic acids is 2. The van der Waals surface area contributed by atoms with E-state index in [1.165, 1.54) is 4.90 Å². The number of methoxy groups -OCH3 is 1. The molecule has 0 radical (unpaired) electrons. The van der Waals surface area contributed by atoms with Crippen LogP contribution in [-0.4, -0.2) is 50.2 Å². The van der Waals surface area contributed by atoms with E-state index >= 15 is 0 Å². The van der Waals surface area contributed by atoms with Crippen LogP contribution in [0.5, 0.6) is 5.75 Å². The monoisotopic (exact) mass is 340 g/mol. The lowest BCUT2D eigenvalue weighted by Crippen LogP contribution is -2.49. The Morgan fingerprint density at radius 3 is 2.43 bits per heavy atom. The van der Waals surface area contributed by atoms with Gasteiger partial charge in [-0.2, -0.15) is 11.8 Å². The predicted octanol–water partition coefficient (Wildman–Crippen LogP) is 1.67. The smallest absolute Gasteiger partial charge is 0.329 e. The summed E-state index contributed by atoms with van der Waals surface area (Å²) in [6.45, 7) is 1.83. The van der Waals surface area contributed by atoms with Gasteiger partial charge in [-0.05, 0) is 49.6 Å². The Balaban J connectivity index is 3.16. The minimum atomic E-state index is -0.688.